The van der Waals surface area contributed by atoms with Crippen molar-refractivity contribution in [1.29, 1.82) is 0 Å². The van der Waals surface area contributed by atoms with Gasteiger partial charge in [-0.15, -0.1) is 0 Å². The predicted molar refractivity (Wildman–Crippen MR) is 79.6 cm³/mol. The lowest BCUT2D eigenvalue weighted by Crippen LogP contribution is -2.41. The zero-order chi connectivity index (χ0) is 15.3. The molecule has 7 nitrogen and oxygen atoms in total. The highest BCUT2D eigenvalue weighted by Crippen LogP contribution is 2.22. The molecule has 1 fully saturated rings. The summed E-state index contributed by atoms with van der Waals surface area (Å²) in [4.78, 5) is 6.77. The van der Waals surface area contributed by atoms with E-state index < -0.39 is 10.0 Å². The fraction of sp³-hybridized carbons (Fsp3) is 0.769. The standard InChI is InChI=1S/C13H24N4O3S/c1-11-15-10-13(16-11)21(18,19)17-6-3-12(4-7-17)9-14-5-8-20-2/h10,12,14H,3-9H2,1-2H3,(H,15,16). The molecule has 1 saturated heterocycles. The molecule has 0 spiro atoms. The molecule has 120 valence electrons. The summed E-state index contributed by atoms with van der Waals surface area (Å²) in [5.74, 6) is 1.14. The van der Waals surface area contributed by atoms with Crippen molar-refractivity contribution in [2.45, 2.75) is 24.8 Å². The second kappa shape index (κ2) is 7.35. The van der Waals surface area contributed by atoms with Gasteiger partial charge in [0.05, 0.1) is 12.8 Å². The van der Waals surface area contributed by atoms with E-state index in [0.29, 0.717) is 31.4 Å². The molecule has 0 amide bonds. The average Bonchev–Trinajstić information content (AvgIpc) is 2.91. The smallest absolute Gasteiger partial charge is 0.260 e. The number of nitrogens with zero attached hydrogens (tertiary/aromatic N) is 2. The number of aryl methyl sites for hydroxylation is 1. The van der Waals surface area contributed by atoms with Gasteiger partial charge in [0.2, 0.25) is 0 Å². The van der Waals surface area contributed by atoms with Crippen molar-refractivity contribution in [2.24, 2.45) is 5.92 Å². The normalized spacial score (nSPS) is 18.2. The molecule has 2 heterocycles. The third kappa shape index (κ3) is 4.26. The minimum absolute atomic E-state index is 0.191. The highest BCUT2D eigenvalue weighted by atomic mass is 32.2. The van der Waals surface area contributed by atoms with Crippen LogP contribution >= 0.6 is 0 Å². The van der Waals surface area contributed by atoms with Gasteiger partial charge in [-0.05, 0) is 32.2 Å². The molecule has 0 saturated carbocycles. The largest absolute Gasteiger partial charge is 0.383 e. The first-order chi connectivity index (χ1) is 10.0. The van der Waals surface area contributed by atoms with Crippen LogP contribution in [0.4, 0.5) is 0 Å². The number of methoxy groups -OCH3 is 1. The first-order valence-electron chi connectivity index (χ1n) is 7.25. The van der Waals surface area contributed by atoms with Crippen molar-refractivity contribution in [1.82, 2.24) is 19.6 Å². The maximum atomic E-state index is 12.4. The molecule has 0 aliphatic carbocycles. The Balaban J connectivity index is 1.83. The van der Waals surface area contributed by atoms with Crippen molar-refractivity contribution in [2.75, 3.05) is 39.9 Å². The van der Waals surface area contributed by atoms with Crippen LogP contribution < -0.4 is 5.32 Å². The van der Waals surface area contributed by atoms with E-state index in [2.05, 4.69) is 15.3 Å². The first kappa shape index (κ1) is 16.4. The summed E-state index contributed by atoms with van der Waals surface area (Å²) < 4.78 is 31.4. The maximum Gasteiger partial charge on any atom is 0.260 e. The van der Waals surface area contributed by atoms with Gasteiger partial charge in [-0.3, -0.25) is 0 Å². The van der Waals surface area contributed by atoms with Gasteiger partial charge in [-0.25, -0.2) is 13.4 Å². The van der Waals surface area contributed by atoms with Crippen molar-refractivity contribution >= 4 is 10.0 Å². The van der Waals surface area contributed by atoms with Crippen LogP contribution in [0, 0.1) is 12.8 Å². The Kier molecular flexibility index (Phi) is 5.74. The number of aromatic amines is 1. The lowest BCUT2D eigenvalue weighted by atomic mass is 9.98. The zero-order valence-corrected chi connectivity index (χ0v) is 13.4. The SMILES string of the molecule is COCCNCC1CCN(S(=O)(=O)c2cnc(C)[nH]2)CC1. The molecule has 2 N–H and O–H groups in total. The number of piperidine rings is 1. The lowest BCUT2D eigenvalue weighted by molar-refractivity contribution is 0.194. The summed E-state index contributed by atoms with van der Waals surface area (Å²) in [5.41, 5.74) is 0. The Hall–Kier alpha value is -0.960. The molecule has 21 heavy (non-hydrogen) atoms. The molecule has 1 aromatic heterocycles. The lowest BCUT2D eigenvalue weighted by Gasteiger charge is -2.30. The molecular weight excluding hydrogens is 292 g/mol. The molecule has 1 aromatic rings. The molecule has 8 heteroatoms. The Morgan fingerprint density at radius 1 is 1.48 bits per heavy atom. The Morgan fingerprint density at radius 2 is 2.19 bits per heavy atom. The van der Waals surface area contributed by atoms with Gasteiger partial charge in [-0.2, -0.15) is 4.31 Å². The monoisotopic (exact) mass is 316 g/mol. The highest BCUT2D eigenvalue weighted by Gasteiger charge is 2.30. The number of H-pyrrole nitrogens is 1. The third-order valence-corrected chi connectivity index (χ3v) is 5.60. The number of imidazole rings is 1. The topological polar surface area (TPSA) is 87.3 Å². The van der Waals surface area contributed by atoms with Crippen molar-refractivity contribution in [3.8, 4) is 0 Å². The quantitative estimate of drug-likeness (QED) is 0.709. The number of rotatable bonds is 7. The highest BCUT2D eigenvalue weighted by molar-refractivity contribution is 7.89. The van der Waals surface area contributed by atoms with Gasteiger partial charge in [0.25, 0.3) is 10.0 Å². The molecular formula is C13H24N4O3S. The maximum absolute atomic E-state index is 12.4. The van der Waals surface area contributed by atoms with E-state index in [0.717, 1.165) is 25.9 Å². The van der Waals surface area contributed by atoms with Crippen LogP contribution in [0.3, 0.4) is 0 Å². The van der Waals surface area contributed by atoms with Gasteiger partial charge in [-0.1, -0.05) is 0 Å². The van der Waals surface area contributed by atoms with Crippen LogP contribution in [0.5, 0.6) is 0 Å². The van der Waals surface area contributed by atoms with Gasteiger partial charge >= 0.3 is 0 Å². The summed E-state index contributed by atoms with van der Waals surface area (Å²) in [6.45, 7) is 5.33. The number of hydrogen-bond donors (Lipinski definition) is 2. The van der Waals surface area contributed by atoms with Crippen molar-refractivity contribution in [3.63, 3.8) is 0 Å². The zero-order valence-electron chi connectivity index (χ0n) is 12.6. The molecule has 0 aromatic carbocycles. The number of aromatic nitrogens is 2. The fourth-order valence-corrected chi connectivity index (χ4v) is 3.93. The minimum atomic E-state index is -3.42. The van der Waals surface area contributed by atoms with Crippen LogP contribution in [0.2, 0.25) is 0 Å². The van der Waals surface area contributed by atoms with Crippen LogP contribution in [0.15, 0.2) is 11.2 Å². The van der Waals surface area contributed by atoms with E-state index >= 15 is 0 Å². The van der Waals surface area contributed by atoms with Crippen LogP contribution in [0.1, 0.15) is 18.7 Å². The van der Waals surface area contributed by atoms with Crippen molar-refractivity contribution in [3.05, 3.63) is 12.0 Å². The number of hydrogen-bond acceptors (Lipinski definition) is 5. The van der Waals surface area contributed by atoms with E-state index in [1.54, 1.807) is 18.3 Å². The second-order valence-corrected chi connectivity index (χ2v) is 7.28. The first-order valence-corrected chi connectivity index (χ1v) is 8.69. The van der Waals surface area contributed by atoms with Crippen molar-refractivity contribution < 1.29 is 13.2 Å². The summed E-state index contributed by atoms with van der Waals surface area (Å²) in [6, 6.07) is 0. The minimum Gasteiger partial charge on any atom is -0.383 e. The average molecular weight is 316 g/mol. The van der Waals surface area contributed by atoms with Crippen LogP contribution in [-0.2, 0) is 14.8 Å². The van der Waals surface area contributed by atoms with E-state index in [9.17, 15) is 8.42 Å². The Bertz CT molecular complexity index is 535. The molecule has 0 bridgehead atoms. The van der Waals surface area contributed by atoms with E-state index in [1.165, 1.54) is 6.20 Å². The second-order valence-electron chi connectivity index (χ2n) is 5.38. The third-order valence-electron chi connectivity index (χ3n) is 3.79. The fourth-order valence-electron chi connectivity index (χ4n) is 2.50. The summed E-state index contributed by atoms with van der Waals surface area (Å²) in [6.07, 6.45) is 3.15. The number of sulfonamides is 1. The van der Waals surface area contributed by atoms with Gasteiger partial charge in [0.1, 0.15) is 5.82 Å². The molecule has 1 aliphatic heterocycles. The van der Waals surface area contributed by atoms with Crippen LogP contribution in [-0.4, -0.2) is 62.6 Å². The predicted octanol–water partition coefficient (Wildman–Crippen LogP) is 0.355. The summed E-state index contributed by atoms with van der Waals surface area (Å²) >= 11 is 0. The molecule has 2 rings (SSSR count). The molecule has 0 atom stereocenters. The summed E-state index contributed by atoms with van der Waals surface area (Å²) in [5, 5.41) is 3.53. The van der Waals surface area contributed by atoms with Gasteiger partial charge < -0.3 is 15.0 Å². The summed E-state index contributed by atoms with van der Waals surface area (Å²) in [7, 11) is -1.74. The van der Waals surface area contributed by atoms with E-state index in [1.807, 2.05) is 0 Å². The van der Waals surface area contributed by atoms with E-state index in [-0.39, 0.29) is 5.03 Å². The van der Waals surface area contributed by atoms with Gasteiger partial charge in [0.15, 0.2) is 5.03 Å². The molecule has 0 radical (unpaired) electrons. The Labute approximate surface area is 126 Å². The van der Waals surface area contributed by atoms with E-state index in [4.69, 9.17) is 4.74 Å². The van der Waals surface area contributed by atoms with Gasteiger partial charge in [0, 0.05) is 26.7 Å². The van der Waals surface area contributed by atoms with Crippen LogP contribution in [0.25, 0.3) is 0 Å². The number of ether oxygens (including phenoxy) is 1. The Morgan fingerprint density at radius 3 is 2.76 bits per heavy atom. The molecule has 0 unspecified atom stereocenters. The number of nitrogens with one attached hydrogen (secondary N) is 2. The molecule has 1 aliphatic rings.